The van der Waals surface area contributed by atoms with Gasteiger partial charge in [0.2, 0.25) is 5.91 Å². The number of anilines is 1. The van der Waals surface area contributed by atoms with Gasteiger partial charge in [-0.1, -0.05) is 17.7 Å². The van der Waals surface area contributed by atoms with Crippen molar-refractivity contribution in [1.29, 1.82) is 0 Å². The molecule has 1 aliphatic rings. The molecule has 1 saturated heterocycles. The van der Waals surface area contributed by atoms with Crippen molar-refractivity contribution < 1.29 is 9.90 Å². The van der Waals surface area contributed by atoms with Gasteiger partial charge in [-0.15, -0.1) is 0 Å². The number of aliphatic hydroxyl groups excluding tert-OH is 1. The third kappa shape index (κ3) is 2.98. The molecule has 6 heteroatoms. The molecule has 17 heavy (non-hydrogen) atoms. The summed E-state index contributed by atoms with van der Waals surface area (Å²) >= 11 is 9.24. The molecule has 0 saturated carbocycles. The summed E-state index contributed by atoms with van der Waals surface area (Å²) < 4.78 is 0.661. The maximum absolute atomic E-state index is 11.9. The van der Waals surface area contributed by atoms with E-state index < -0.39 is 6.10 Å². The van der Waals surface area contributed by atoms with E-state index in [0.29, 0.717) is 28.1 Å². The Morgan fingerprint density at radius 1 is 1.59 bits per heavy atom. The van der Waals surface area contributed by atoms with Gasteiger partial charge in [0.05, 0.1) is 27.3 Å². The maximum Gasteiger partial charge on any atom is 0.241 e. The van der Waals surface area contributed by atoms with Crippen LogP contribution in [-0.2, 0) is 4.79 Å². The first-order chi connectivity index (χ1) is 8.08. The zero-order chi connectivity index (χ0) is 12.4. The first-order valence-electron chi connectivity index (χ1n) is 5.24. The molecule has 1 aliphatic heterocycles. The topological polar surface area (TPSA) is 61.4 Å². The van der Waals surface area contributed by atoms with Crippen molar-refractivity contribution in [2.75, 3.05) is 11.9 Å². The highest BCUT2D eigenvalue weighted by Gasteiger charge is 2.28. The van der Waals surface area contributed by atoms with Gasteiger partial charge in [-0.05, 0) is 34.5 Å². The second-order valence-corrected chi connectivity index (χ2v) is 5.14. The van der Waals surface area contributed by atoms with Crippen LogP contribution in [0.4, 0.5) is 5.69 Å². The van der Waals surface area contributed by atoms with Crippen LogP contribution in [0, 0.1) is 0 Å². The summed E-state index contributed by atoms with van der Waals surface area (Å²) in [6, 6.07) is 4.91. The molecule has 92 valence electrons. The van der Waals surface area contributed by atoms with Gasteiger partial charge in [-0.3, -0.25) is 4.79 Å². The second kappa shape index (κ2) is 5.35. The summed E-state index contributed by atoms with van der Waals surface area (Å²) in [5.74, 6) is -0.162. The lowest BCUT2D eigenvalue weighted by Gasteiger charge is -2.12. The van der Waals surface area contributed by atoms with Crippen molar-refractivity contribution in [2.24, 2.45) is 0 Å². The Kier molecular flexibility index (Phi) is 4.04. The summed E-state index contributed by atoms with van der Waals surface area (Å²) in [5.41, 5.74) is 0.630. The first kappa shape index (κ1) is 12.8. The molecule has 0 aliphatic carbocycles. The number of carbonyl (C=O) groups excluding carboxylic acids is 1. The number of aliphatic hydroxyl groups is 1. The number of nitrogens with one attached hydrogen (secondary N) is 2. The Balaban J connectivity index is 2.06. The fourth-order valence-corrected chi connectivity index (χ4v) is 2.27. The summed E-state index contributed by atoms with van der Waals surface area (Å²) in [6.45, 7) is 0.453. The third-order valence-electron chi connectivity index (χ3n) is 2.63. The molecule has 1 amide bonds. The molecule has 0 bridgehead atoms. The Morgan fingerprint density at radius 3 is 3.00 bits per heavy atom. The molecule has 3 N–H and O–H groups in total. The molecule has 1 fully saturated rings. The Bertz CT molecular complexity index is 441. The minimum atomic E-state index is -0.450. The predicted octanol–water partition coefficient (Wildman–Crippen LogP) is 1.76. The van der Waals surface area contributed by atoms with E-state index in [9.17, 15) is 9.90 Å². The van der Waals surface area contributed by atoms with Crippen molar-refractivity contribution in [1.82, 2.24) is 5.32 Å². The number of benzene rings is 1. The fourth-order valence-electron chi connectivity index (χ4n) is 1.74. The van der Waals surface area contributed by atoms with Crippen LogP contribution >= 0.6 is 27.5 Å². The van der Waals surface area contributed by atoms with Crippen LogP contribution in [0.25, 0.3) is 0 Å². The van der Waals surface area contributed by atoms with Crippen LogP contribution < -0.4 is 10.6 Å². The quantitative estimate of drug-likeness (QED) is 0.778. The summed E-state index contributed by atoms with van der Waals surface area (Å²) in [6.07, 6.45) is -0.0159. The number of halogens is 2. The highest BCUT2D eigenvalue weighted by Crippen LogP contribution is 2.30. The largest absolute Gasteiger partial charge is 0.392 e. The number of β-amino-alcohol motifs (C(OH)–C–C–N with tert-alkyl or cyclic N) is 1. The van der Waals surface area contributed by atoms with E-state index >= 15 is 0 Å². The minimum absolute atomic E-state index is 0.162. The predicted molar refractivity (Wildman–Crippen MR) is 70.2 cm³/mol. The van der Waals surface area contributed by atoms with Gasteiger partial charge >= 0.3 is 0 Å². The molecule has 2 unspecified atom stereocenters. The second-order valence-electron chi connectivity index (χ2n) is 3.94. The van der Waals surface area contributed by atoms with Gasteiger partial charge < -0.3 is 15.7 Å². The van der Waals surface area contributed by atoms with E-state index in [0.717, 1.165) is 0 Å². The Hall–Kier alpha value is -0.620. The number of carbonyl (C=O) groups is 1. The number of hydrogen-bond acceptors (Lipinski definition) is 3. The van der Waals surface area contributed by atoms with E-state index in [1.165, 1.54) is 0 Å². The normalized spacial score (nSPS) is 23.7. The molecular weight excluding hydrogens is 307 g/mol. The molecule has 1 aromatic rings. The van der Waals surface area contributed by atoms with Crippen molar-refractivity contribution in [3.8, 4) is 0 Å². The van der Waals surface area contributed by atoms with Gasteiger partial charge in [-0.25, -0.2) is 0 Å². The smallest absolute Gasteiger partial charge is 0.241 e. The van der Waals surface area contributed by atoms with Gasteiger partial charge in [0.1, 0.15) is 0 Å². The summed E-state index contributed by atoms with van der Waals surface area (Å²) in [4.78, 5) is 11.9. The van der Waals surface area contributed by atoms with Crippen molar-refractivity contribution >= 4 is 39.1 Å². The monoisotopic (exact) mass is 318 g/mol. The molecule has 2 atom stereocenters. The Labute approximate surface area is 112 Å². The van der Waals surface area contributed by atoms with Gasteiger partial charge in [0, 0.05) is 6.54 Å². The molecule has 0 radical (unpaired) electrons. The van der Waals surface area contributed by atoms with Crippen molar-refractivity contribution in [2.45, 2.75) is 18.6 Å². The fraction of sp³-hybridized carbons (Fsp3) is 0.364. The summed E-state index contributed by atoms with van der Waals surface area (Å²) in [5, 5.41) is 15.6. The lowest BCUT2D eigenvalue weighted by molar-refractivity contribution is -0.117. The van der Waals surface area contributed by atoms with E-state index in [1.807, 2.05) is 0 Å². The molecule has 1 aromatic carbocycles. The minimum Gasteiger partial charge on any atom is -0.392 e. The number of rotatable bonds is 2. The van der Waals surface area contributed by atoms with Crippen LogP contribution in [-0.4, -0.2) is 29.7 Å². The van der Waals surface area contributed by atoms with Gasteiger partial charge in [0.15, 0.2) is 0 Å². The lowest BCUT2D eigenvalue weighted by atomic mass is 10.2. The molecular formula is C11H12BrClN2O2. The van der Waals surface area contributed by atoms with Crippen molar-refractivity contribution in [3.05, 3.63) is 27.7 Å². The zero-order valence-corrected chi connectivity index (χ0v) is 11.3. The maximum atomic E-state index is 11.9. The molecule has 4 nitrogen and oxygen atoms in total. The SMILES string of the molecule is O=C(Nc1cccc(Cl)c1Br)C1CC(O)CN1. The Morgan fingerprint density at radius 2 is 2.35 bits per heavy atom. The molecule has 0 aromatic heterocycles. The van der Waals surface area contributed by atoms with E-state index in [4.69, 9.17) is 11.6 Å². The molecule has 2 rings (SSSR count). The van der Waals surface area contributed by atoms with Crippen LogP contribution in [0.3, 0.4) is 0 Å². The van der Waals surface area contributed by atoms with E-state index in [-0.39, 0.29) is 11.9 Å². The standard InChI is InChI=1S/C11H12BrClN2O2/c12-10-7(13)2-1-3-8(10)15-11(17)9-4-6(16)5-14-9/h1-3,6,9,14,16H,4-5H2,(H,15,17). The van der Waals surface area contributed by atoms with Crippen molar-refractivity contribution in [3.63, 3.8) is 0 Å². The average molecular weight is 320 g/mol. The van der Waals surface area contributed by atoms with Crippen LogP contribution in [0.1, 0.15) is 6.42 Å². The lowest BCUT2D eigenvalue weighted by Crippen LogP contribution is -2.35. The average Bonchev–Trinajstić information content (AvgIpc) is 2.72. The van der Waals surface area contributed by atoms with Gasteiger partial charge in [-0.2, -0.15) is 0 Å². The first-order valence-corrected chi connectivity index (χ1v) is 6.41. The van der Waals surface area contributed by atoms with Crippen LogP contribution in [0.5, 0.6) is 0 Å². The van der Waals surface area contributed by atoms with E-state index in [2.05, 4.69) is 26.6 Å². The zero-order valence-electron chi connectivity index (χ0n) is 8.91. The van der Waals surface area contributed by atoms with Crippen LogP contribution in [0.2, 0.25) is 5.02 Å². The van der Waals surface area contributed by atoms with E-state index in [1.54, 1.807) is 18.2 Å². The number of amides is 1. The van der Waals surface area contributed by atoms with Gasteiger partial charge in [0.25, 0.3) is 0 Å². The molecule has 1 heterocycles. The highest BCUT2D eigenvalue weighted by atomic mass is 79.9. The highest BCUT2D eigenvalue weighted by molar-refractivity contribution is 9.10. The summed E-state index contributed by atoms with van der Waals surface area (Å²) in [7, 11) is 0. The molecule has 0 spiro atoms. The third-order valence-corrected chi connectivity index (χ3v) is 4.03. The van der Waals surface area contributed by atoms with Crippen LogP contribution in [0.15, 0.2) is 22.7 Å². The number of hydrogen-bond donors (Lipinski definition) is 3.